The van der Waals surface area contributed by atoms with Crippen LogP contribution in [-0.4, -0.2) is 48.8 Å². The van der Waals surface area contributed by atoms with Crippen molar-refractivity contribution in [3.63, 3.8) is 0 Å². The molecule has 3 heteroatoms. The van der Waals surface area contributed by atoms with E-state index < -0.39 is 0 Å². The molecule has 1 rings (SSSR count). The molecule has 3 nitrogen and oxygen atoms in total. The molecule has 0 heterocycles. The fourth-order valence-corrected chi connectivity index (χ4v) is 1.44. The van der Waals surface area contributed by atoms with Gasteiger partial charge in [0.15, 0.2) is 0 Å². The van der Waals surface area contributed by atoms with Gasteiger partial charge in [-0.15, -0.1) is 0 Å². The van der Waals surface area contributed by atoms with Crippen molar-refractivity contribution in [2.45, 2.75) is 32.2 Å². The number of rotatable bonds is 8. The van der Waals surface area contributed by atoms with Crippen LogP contribution in [0.4, 0.5) is 0 Å². The number of hydrogen-bond donors (Lipinski definition) is 2. The van der Waals surface area contributed by atoms with Gasteiger partial charge in [-0.25, -0.2) is 0 Å². The van der Waals surface area contributed by atoms with E-state index in [1.54, 1.807) is 0 Å². The Morgan fingerprint density at radius 1 is 1.38 bits per heavy atom. The molecule has 0 aromatic carbocycles. The van der Waals surface area contributed by atoms with Crippen LogP contribution in [-0.2, 0) is 0 Å². The minimum atomic E-state index is 0.312. The Balaban J connectivity index is 1.93. The van der Waals surface area contributed by atoms with E-state index in [2.05, 4.69) is 17.1 Å². The summed E-state index contributed by atoms with van der Waals surface area (Å²) in [6.07, 6.45) is 3.63. The van der Waals surface area contributed by atoms with Crippen molar-refractivity contribution in [2.24, 2.45) is 0 Å². The highest BCUT2D eigenvalue weighted by Gasteiger charge is 2.19. The van der Waals surface area contributed by atoms with Gasteiger partial charge in [0.2, 0.25) is 0 Å². The van der Waals surface area contributed by atoms with Crippen LogP contribution in [0.15, 0.2) is 0 Å². The number of nitrogens with one attached hydrogen (secondary N) is 1. The Hall–Kier alpha value is -0.120. The van der Waals surface area contributed by atoms with Gasteiger partial charge >= 0.3 is 0 Å². The third-order valence-corrected chi connectivity index (χ3v) is 2.52. The first-order valence-corrected chi connectivity index (χ1v) is 5.43. The summed E-state index contributed by atoms with van der Waals surface area (Å²) in [7, 11) is 0. The van der Waals surface area contributed by atoms with Crippen LogP contribution >= 0.6 is 0 Å². The van der Waals surface area contributed by atoms with Crippen molar-refractivity contribution in [1.82, 2.24) is 10.2 Å². The molecule has 1 fully saturated rings. The number of aliphatic hydroxyl groups excluding tert-OH is 1. The van der Waals surface area contributed by atoms with Crippen molar-refractivity contribution in [3.8, 4) is 0 Å². The normalized spacial score (nSPS) is 16.8. The molecule has 0 bridgehead atoms. The lowest BCUT2D eigenvalue weighted by molar-refractivity contribution is 0.230. The van der Waals surface area contributed by atoms with Gasteiger partial charge in [0.25, 0.3) is 0 Å². The van der Waals surface area contributed by atoms with Crippen LogP contribution in [0, 0.1) is 0 Å². The quantitative estimate of drug-likeness (QED) is 0.577. The maximum atomic E-state index is 8.69. The molecule has 0 aromatic heterocycles. The van der Waals surface area contributed by atoms with E-state index in [0.29, 0.717) is 6.61 Å². The van der Waals surface area contributed by atoms with E-state index in [4.69, 9.17) is 5.11 Å². The van der Waals surface area contributed by atoms with Gasteiger partial charge in [0.05, 0.1) is 0 Å². The van der Waals surface area contributed by atoms with E-state index in [0.717, 1.165) is 38.6 Å². The maximum Gasteiger partial charge on any atom is 0.0443 e. The van der Waals surface area contributed by atoms with Crippen molar-refractivity contribution in [3.05, 3.63) is 0 Å². The van der Waals surface area contributed by atoms with Gasteiger partial charge in [-0.2, -0.15) is 0 Å². The molecule has 0 amide bonds. The summed E-state index contributed by atoms with van der Waals surface area (Å²) >= 11 is 0. The van der Waals surface area contributed by atoms with E-state index in [-0.39, 0.29) is 0 Å². The average Bonchev–Trinajstić information content (AvgIpc) is 2.94. The van der Waals surface area contributed by atoms with Gasteiger partial charge in [0.1, 0.15) is 0 Å². The standard InChI is InChI=1S/C10H22N2O/c1-2-12(7-3-9-13)8-6-11-10-4-5-10/h10-11,13H,2-9H2,1H3. The smallest absolute Gasteiger partial charge is 0.0443 e. The summed E-state index contributed by atoms with van der Waals surface area (Å²) in [6.45, 7) is 6.82. The summed E-state index contributed by atoms with van der Waals surface area (Å²) < 4.78 is 0. The molecule has 0 radical (unpaired) electrons. The number of nitrogens with zero attached hydrogens (tertiary/aromatic N) is 1. The highest BCUT2D eigenvalue weighted by Crippen LogP contribution is 2.17. The lowest BCUT2D eigenvalue weighted by Crippen LogP contribution is -2.33. The summed E-state index contributed by atoms with van der Waals surface area (Å²) in [5.41, 5.74) is 0. The van der Waals surface area contributed by atoms with Gasteiger partial charge in [0, 0.05) is 32.3 Å². The molecule has 0 spiro atoms. The molecule has 13 heavy (non-hydrogen) atoms. The molecular formula is C10H22N2O. The Kier molecular flexibility index (Phi) is 5.35. The molecule has 0 aliphatic heterocycles. The van der Waals surface area contributed by atoms with Crippen molar-refractivity contribution in [2.75, 3.05) is 32.8 Å². The number of likely N-dealkylation sites (N-methyl/N-ethyl adjacent to an activating group) is 1. The van der Waals surface area contributed by atoms with E-state index in [9.17, 15) is 0 Å². The minimum absolute atomic E-state index is 0.312. The first-order valence-electron chi connectivity index (χ1n) is 5.43. The van der Waals surface area contributed by atoms with Crippen molar-refractivity contribution < 1.29 is 5.11 Å². The van der Waals surface area contributed by atoms with Crippen LogP contribution in [0.1, 0.15) is 26.2 Å². The Morgan fingerprint density at radius 3 is 2.69 bits per heavy atom. The van der Waals surface area contributed by atoms with Gasteiger partial charge in [-0.3, -0.25) is 0 Å². The van der Waals surface area contributed by atoms with Gasteiger partial charge in [-0.1, -0.05) is 6.92 Å². The number of hydrogen-bond acceptors (Lipinski definition) is 3. The molecule has 1 aliphatic carbocycles. The summed E-state index contributed by atoms with van der Waals surface area (Å²) in [5, 5.41) is 12.2. The molecular weight excluding hydrogens is 164 g/mol. The molecule has 1 aliphatic rings. The van der Waals surface area contributed by atoms with Crippen LogP contribution in [0.3, 0.4) is 0 Å². The predicted octanol–water partition coefficient (Wildman–Crippen LogP) is 0.443. The lowest BCUT2D eigenvalue weighted by atomic mass is 10.4. The second kappa shape index (κ2) is 6.35. The van der Waals surface area contributed by atoms with E-state index >= 15 is 0 Å². The molecule has 78 valence electrons. The largest absolute Gasteiger partial charge is 0.396 e. The molecule has 0 saturated heterocycles. The van der Waals surface area contributed by atoms with Gasteiger partial charge in [-0.05, 0) is 25.8 Å². The Bertz CT molecular complexity index is 126. The van der Waals surface area contributed by atoms with Crippen LogP contribution in [0.25, 0.3) is 0 Å². The Labute approximate surface area is 81.1 Å². The topological polar surface area (TPSA) is 35.5 Å². The van der Waals surface area contributed by atoms with Crippen molar-refractivity contribution in [1.29, 1.82) is 0 Å². The van der Waals surface area contributed by atoms with Crippen LogP contribution in [0.2, 0.25) is 0 Å². The van der Waals surface area contributed by atoms with E-state index in [1.807, 2.05) is 0 Å². The lowest BCUT2D eigenvalue weighted by Gasteiger charge is -2.19. The Morgan fingerprint density at radius 2 is 2.15 bits per heavy atom. The summed E-state index contributed by atoms with van der Waals surface area (Å²) in [6, 6.07) is 0.816. The monoisotopic (exact) mass is 186 g/mol. The molecule has 0 unspecified atom stereocenters. The van der Waals surface area contributed by atoms with Crippen LogP contribution in [0.5, 0.6) is 0 Å². The maximum absolute atomic E-state index is 8.69. The first kappa shape index (κ1) is 11.0. The SMILES string of the molecule is CCN(CCCO)CCNC1CC1. The summed E-state index contributed by atoms with van der Waals surface area (Å²) in [4.78, 5) is 2.38. The second-order valence-corrected chi connectivity index (χ2v) is 3.74. The van der Waals surface area contributed by atoms with Gasteiger partial charge < -0.3 is 15.3 Å². The predicted molar refractivity (Wildman–Crippen MR) is 54.8 cm³/mol. The molecule has 0 aromatic rings. The third-order valence-electron chi connectivity index (χ3n) is 2.52. The molecule has 1 saturated carbocycles. The fraction of sp³-hybridized carbons (Fsp3) is 1.00. The summed E-state index contributed by atoms with van der Waals surface area (Å²) in [5.74, 6) is 0. The zero-order valence-corrected chi connectivity index (χ0v) is 8.63. The second-order valence-electron chi connectivity index (χ2n) is 3.74. The number of aliphatic hydroxyl groups is 1. The third kappa shape index (κ3) is 5.24. The van der Waals surface area contributed by atoms with Crippen molar-refractivity contribution >= 4 is 0 Å². The first-order chi connectivity index (χ1) is 6.36. The molecule has 0 atom stereocenters. The zero-order chi connectivity index (χ0) is 9.52. The highest BCUT2D eigenvalue weighted by molar-refractivity contribution is 4.80. The minimum Gasteiger partial charge on any atom is -0.396 e. The van der Waals surface area contributed by atoms with E-state index in [1.165, 1.54) is 12.8 Å². The fourth-order valence-electron chi connectivity index (χ4n) is 1.44. The zero-order valence-electron chi connectivity index (χ0n) is 8.63. The average molecular weight is 186 g/mol. The highest BCUT2D eigenvalue weighted by atomic mass is 16.3. The van der Waals surface area contributed by atoms with Crippen LogP contribution < -0.4 is 5.32 Å². The molecule has 2 N–H and O–H groups in total.